The number of benzene rings is 1. The second-order valence-corrected chi connectivity index (χ2v) is 4.56. The van der Waals surface area contributed by atoms with Crippen molar-refractivity contribution in [3.05, 3.63) is 65.0 Å². The van der Waals surface area contributed by atoms with Crippen molar-refractivity contribution >= 4 is 5.91 Å². The van der Waals surface area contributed by atoms with Gasteiger partial charge in [0.05, 0.1) is 0 Å². The van der Waals surface area contributed by atoms with E-state index >= 15 is 0 Å². The fourth-order valence-electron chi connectivity index (χ4n) is 1.83. The Kier molecular flexibility index (Phi) is 4.08. The number of amides is 1. The van der Waals surface area contributed by atoms with Gasteiger partial charge in [-0.25, -0.2) is 13.8 Å². The van der Waals surface area contributed by atoms with E-state index in [1.54, 1.807) is 32.2 Å². The molecule has 20 heavy (non-hydrogen) atoms. The molecule has 0 saturated heterocycles. The maximum Gasteiger partial charge on any atom is 0.272 e. The molecule has 104 valence electrons. The molecule has 0 unspecified atom stereocenters. The molecule has 0 aliphatic rings. The van der Waals surface area contributed by atoms with Crippen molar-refractivity contribution < 1.29 is 13.6 Å². The largest absolute Gasteiger partial charge is 0.336 e. The van der Waals surface area contributed by atoms with Crippen molar-refractivity contribution in [2.45, 2.75) is 13.5 Å². The van der Waals surface area contributed by atoms with E-state index in [-0.39, 0.29) is 18.0 Å². The van der Waals surface area contributed by atoms with Crippen molar-refractivity contribution in [1.29, 1.82) is 0 Å². The highest BCUT2D eigenvalue weighted by Crippen LogP contribution is 2.13. The van der Waals surface area contributed by atoms with Gasteiger partial charge in [-0.15, -0.1) is 0 Å². The fourth-order valence-corrected chi connectivity index (χ4v) is 1.83. The van der Waals surface area contributed by atoms with E-state index in [0.717, 1.165) is 11.8 Å². The van der Waals surface area contributed by atoms with Crippen molar-refractivity contribution in [2.75, 3.05) is 7.05 Å². The molecule has 1 aromatic heterocycles. The number of carbonyl (C=O) groups is 1. The van der Waals surface area contributed by atoms with Crippen LogP contribution in [0.4, 0.5) is 8.78 Å². The molecule has 0 radical (unpaired) electrons. The van der Waals surface area contributed by atoms with Gasteiger partial charge in [-0.1, -0.05) is 12.1 Å². The molecule has 0 bridgehead atoms. The summed E-state index contributed by atoms with van der Waals surface area (Å²) in [5, 5.41) is 0. The van der Waals surface area contributed by atoms with Gasteiger partial charge in [-0.05, 0) is 25.1 Å². The van der Waals surface area contributed by atoms with Crippen LogP contribution in [0.25, 0.3) is 0 Å². The summed E-state index contributed by atoms with van der Waals surface area (Å²) in [5.41, 5.74) is 1.29. The van der Waals surface area contributed by atoms with Gasteiger partial charge in [-0.2, -0.15) is 0 Å². The van der Waals surface area contributed by atoms with Crippen LogP contribution in [0.15, 0.2) is 36.4 Å². The van der Waals surface area contributed by atoms with Gasteiger partial charge in [0.2, 0.25) is 0 Å². The lowest BCUT2D eigenvalue weighted by atomic mass is 10.2. The van der Waals surface area contributed by atoms with E-state index in [4.69, 9.17) is 0 Å². The summed E-state index contributed by atoms with van der Waals surface area (Å²) in [4.78, 5) is 17.6. The van der Waals surface area contributed by atoms with Gasteiger partial charge in [-0.3, -0.25) is 4.79 Å². The van der Waals surface area contributed by atoms with Crippen molar-refractivity contribution in [3.8, 4) is 0 Å². The van der Waals surface area contributed by atoms with Gasteiger partial charge in [0.1, 0.15) is 17.3 Å². The van der Waals surface area contributed by atoms with Gasteiger partial charge < -0.3 is 4.90 Å². The molecule has 0 saturated carbocycles. The highest BCUT2D eigenvalue weighted by molar-refractivity contribution is 5.92. The predicted molar refractivity (Wildman–Crippen MR) is 71.1 cm³/mol. The third-order valence-electron chi connectivity index (χ3n) is 2.88. The van der Waals surface area contributed by atoms with Crippen LogP contribution in [0.1, 0.15) is 21.7 Å². The second kappa shape index (κ2) is 5.77. The summed E-state index contributed by atoms with van der Waals surface area (Å²) >= 11 is 0. The van der Waals surface area contributed by atoms with Gasteiger partial charge in [0, 0.05) is 30.9 Å². The first-order chi connectivity index (χ1) is 9.47. The van der Waals surface area contributed by atoms with Crippen molar-refractivity contribution in [1.82, 2.24) is 9.88 Å². The molecule has 0 N–H and O–H groups in total. The van der Waals surface area contributed by atoms with Crippen LogP contribution in [0.3, 0.4) is 0 Å². The average Bonchev–Trinajstić information content (AvgIpc) is 2.41. The number of hydrogen-bond acceptors (Lipinski definition) is 2. The Morgan fingerprint density at radius 1 is 1.25 bits per heavy atom. The monoisotopic (exact) mass is 276 g/mol. The zero-order valence-corrected chi connectivity index (χ0v) is 11.2. The van der Waals surface area contributed by atoms with Crippen LogP contribution < -0.4 is 0 Å². The molecule has 2 aromatic rings. The molecule has 2 rings (SSSR count). The lowest BCUT2D eigenvalue weighted by Gasteiger charge is -2.17. The molecule has 0 spiro atoms. The molecule has 0 aliphatic carbocycles. The van der Waals surface area contributed by atoms with E-state index in [2.05, 4.69) is 4.98 Å². The SMILES string of the molecule is Cc1cccc(C(=O)N(C)Cc2ccc(F)cc2F)n1. The summed E-state index contributed by atoms with van der Waals surface area (Å²) in [6.07, 6.45) is 0. The van der Waals surface area contributed by atoms with Crippen molar-refractivity contribution in [3.63, 3.8) is 0 Å². The third-order valence-corrected chi connectivity index (χ3v) is 2.88. The Hall–Kier alpha value is -2.30. The second-order valence-electron chi connectivity index (χ2n) is 4.56. The third kappa shape index (κ3) is 3.17. The molecular weight excluding hydrogens is 262 g/mol. The quantitative estimate of drug-likeness (QED) is 0.863. The first-order valence-electron chi connectivity index (χ1n) is 6.10. The minimum atomic E-state index is -0.665. The summed E-state index contributed by atoms with van der Waals surface area (Å²) in [6, 6.07) is 8.43. The lowest BCUT2D eigenvalue weighted by Crippen LogP contribution is -2.27. The molecule has 5 heteroatoms. The summed E-state index contributed by atoms with van der Waals surface area (Å²) in [6.45, 7) is 1.84. The first-order valence-corrected chi connectivity index (χ1v) is 6.10. The number of carbonyl (C=O) groups excluding carboxylic acids is 1. The zero-order chi connectivity index (χ0) is 14.7. The minimum Gasteiger partial charge on any atom is -0.336 e. The fraction of sp³-hybridized carbons (Fsp3) is 0.200. The Morgan fingerprint density at radius 3 is 2.65 bits per heavy atom. The topological polar surface area (TPSA) is 33.2 Å². The average molecular weight is 276 g/mol. The predicted octanol–water partition coefficient (Wildman–Crippen LogP) is 2.94. The Balaban J connectivity index is 2.15. The highest BCUT2D eigenvalue weighted by atomic mass is 19.1. The molecule has 1 aromatic carbocycles. The maximum atomic E-state index is 13.5. The number of aromatic nitrogens is 1. The molecule has 0 fully saturated rings. The van der Waals surface area contributed by atoms with Crippen LogP contribution in [0.5, 0.6) is 0 Å². The van der Waals surface area contributed by atoms with E-state index in [1.807, 2.05) is 0 Å². The van der Waals surface area contributed by atoms with Gasteiger partial charge in [0.25, 0.3) is 5.91 Å². The first kappa shape index (κ1) is 14.1. The molecule has 3 nitrogen and oxygen atoms in total. The number of aryl methyl sites for hydroxylation is 1. The van der Waals surface area contributed by atoms with Crippen LogP contribution >= 0.6 is 0 Å². The zero-order valence-electron chi connectivity index (χ0n) is 11.2. The van der Waals surface area contributed by atoms with E-state index in [9.17, 15) is 13.6 Å². The Labute approximate surface area is 115 Å². The molecule has 0 atom stereocenters. The van der Waals surface area contributed by atoms with E-state index in [0.29, 0.717) is 5.69 Å². The summed E-state index contributed by atoms with van der Waals surface area (Å²) < 4.78 is 26.4. The lowest BCUT2D eigenvalue weighted by molar-refractivity contribution is 0.0778. The van der Waals surface area contributed by atoms with Crippen LogP contribution in [-0.2, 0) is 6.54 Å². The minimum absolute atomic E-state index is 0.0561. The highest BCUT2D eigenvalue weighted by Gasteiger charge is 2.15. The van der Waals surface area contributed by atoms with Crippen LogP contribution in [-0.4, -0.2) is 22.8 Å². The number of pyridine rings is 1. The summed E-state index contributed by atoms with van der Waals surface area (Å²) in [7, 11) is 1.55. The standard InChI is InChI=1S/C15H14F2N2O/c1-10-4-3-5-14(18-10)15(20)19(2)9-11-6-7-12(16)8-13(11)17/h3-8H,9H2,1-2H3. The number of rotatable bonds is 3. The molecule has 1 heterocycles. The number of nitrogens with zero attached hydrogens (tertiary/aromatic N) is 2. The molecule has 0 aliphatic heterocycles. The van der Waals surface area contributed by atoms with Crippen LogP contribution in [0, 0.1) is 18.6 Å². The maximum absolute atomic E-state index is 13.5. The smallest absolute Gasteiger partial charge is 0.272 e. The normalized spacial score (nSPS) is 10.4. The van der Waals surface area contributed by atoms with Crippen LogP contribution in [0.2, 0.25) is 0 Å². The van der Waals surface area contributed by atoms with Gasteiger partial charge >= 0.3 is 0 Å². The van der Waals surface area contributed by atoms with E-state index < -0.39 is 11.6 Å². The molecular formula is C15H14F2N2O. The number of halogens is 2. The van der Waals surface area contributed by atoms with Crippen molar-refractivity contribution in [2.24, 2.45) is 0 Å². The molecule has 1 amide bonds. The summed E-state index contributed by atoms with van der Waals surface area (Å²) in [5.74, 6) is -1.61. The van der Waals surface area contributed by atoms with E-state index in [1.165, 1.54) is 17.0 Å². The Bertz CT molecular complexity index is 644. The number of hydrogen-bond donors (Lipinski definition) is 0. The Morgan fingerprint density at radius 2 is 2.00 bits per heavy atom. The van der Waals surface area contributed by atoms with Gasteiger partial charge in [0.15, 0.2) is 0 Å².